The Bertz CT molecular complexity index is 347. The van der Waals surface area contributed by atoms with Gasteiger partial charge in [-0.05, 0) is 25.8 Å². The lowest BCUT2D eigenvalue weighted by molar-refractivity contribution is 0.0925. The van der Waals surface area contributed by atoms with E-state index in [4.69, 9.17) is 5.73 Å². The van der Waals surface area contributed by atoms with Crippen molar-refractivity contribution in [3.8, 4) is 0 Å². The molecule has 1 aliphatic heterocycles. The van der Waals surface area contributed by atoms with Crippen LogP contribution < -0.4 is 11.1 Å². The first-order valence-corrected chi connectivity index (χ1v) is 9.05. The maximum Gasteiger partial charge on any atom is 0.188 e. The van der Waals surface area contributed by atoms with Gasteiger partial charge in [0.15, 0.2) is 5.96 Å². The molecule has 2 rings (SSSR count). The Morgan fingerprint density at radius 3 is 2.30 bits per heavy atom. The monoisotopic (exact) mass is 437 g/mol. The van der Waals surface area contributed by atoms with E-state index in [1.54, 1.807) is 0 Å². The zero-order valence-corrected chi connectivity index (χ0v) is 17.5. The van der Waals surface area contributed by atoms with Gasteiger partial charge in [-0.3, -0.25) is 9.89 Å². The van der Waals surface area contributed by atoms with Crippen molar-refractivity contribution in [2.24, 2.45) is 16.6 Å². The van der Waals surface area contributed by atoms with Crippen LogP contribution in [0.15, 0.2) is 4.99 Å². The summed E-state index contributed by atoms with van der Waals surface area (Å²) in [4.78, 5) is 9.65. The summed E-state index contributed by atoms with van der Waals surface area (Å²) in [5.41, 5.74) is 6.12. The fourth-order valence-corrected chi connectivity index (χ4v) is 3.60. The predicted molar refractivity (Wildman–Crippen MR) is 110 cm³/mol. The fraction of sp³-hybridized carbons (Fsp3) is 0.941. The first-order chi connectivity index (χ1) is 10.6. The Labute approximate surface area is 159 Å². The first-order valence-electron chi connectivity index (χ1n) is 9.05. The van der Waals surface area contributed by atoms with Crippen molar-refractivity contribution >= 4 is 29.9 Å². The van der Waals surface area contributed by atoms with Crippen LogP contribution in [0.2, 0.25) is 0 Å². The number of likely N-dealkylation sites (N-methyl/N-ethyl adjacent to an activating group) is 1. The molecule has 0 bridgehead atoms. The minimum atomic E-state index is 0. The van der Waals surface area contributed by atoms with E-state index in [1.807, 2.05) is 0 Å². The zero-order chi connectivity index (χ0) is 15.9. The summed E-state index contributed by atoms with van der Waals surface area (Å²) in [5.74, 6) is 1.25. The number of nitrogens with zero attached hydrogens (tertiary/aromatic N) is 3. The number of nitrogens with one attached hydrogen (secondary N) is 1. The smallest absolute Gasteiger partial charge is 0.188 e. The number of piperazine rings is 1. The minimum absolute atomic E-state index is 0. The van der Waals surface area contributed by atoms with Gasteiger partial charge in [-0.15, -0.1) is 24.0 Å². The summed E-state index contributed by atoms with van der Waals surface area (Å²) in [7, 11) is 2.20. The summed E-state index contributed by atoms with van der Waals surface area (Å²) >= 11 is 0. The third-order valence-electron chi connectivity index (χ3n) is 5.18. The second-order valence-corrected chi connectivity index (χ2v) is 7.36. The van der Waals surface area contributed by atoms with Gasteiger partial charge in [0.2, 0.25) is 0 Å². The number of guanidine groups is 1. The Balaban J connectivity index is 0.00000264. The molecule has 0 aromatic heterocycles. The highest BCUT2D eigenvalue weighted by Gasteiger charge is 2.24. The van der Waals surface area contributed by atoms with Crippen molar-refractivity contribution in [2.45, 2.75) is 58.0 Å². The van der Waals surface area contributed by atoms with E-state index >= 15 is 0 Å². The van der Waals surface area contributed by atoms with E-state index < -0.39 is 0 Å². The van der Waals surface area contributed by atoms with Gasteiger partial charge in [-0.2, -0.15) is 0 Å². The summed E-state index contributed by atoms with van der Waals surface area (Å²) in [6.07, 6.45) is 6.49. The average Bonchev–Trinajstić information content (AvgIpc) is 2.50. The standard InChI is InChI=1S/C17H35N5.HI/c1-14(2)16(22-11-9-21(3)10-12-22)13-19-17(18)20-15-7-5-4-6-8-15;/h14-16H,4-13H2,1-3H3,(H3,18,19,20);1H. The van der Waals surface area contributed by atoms with Crippen LogP contribution in [-0.2, 0) is 0 Å². The van der Waals surface area contributed by atoms with Crippen LogP contribution in [0, 0.1) is 5.92 Å². The molecule has 0 aromatic carbocycles. The number of nitrogens with two attached hydrogens (primary N) is 1. The predicted octanol–water partition coefficient (Wildman–Crippen LogP) is 2.11. The van der Waals surface area contributed by atoms with Gasteiger partial charge in [-0.1, -0.05) is 33.1 Å². The zero-order valence-electron chi connectivity index (χ0n) is 15.1. The van der Waals surface area contributed by atoms with Gasteiger partial charge in [-0.25, -0.2) is 0 Å². The quantitative estimate of drug-likeness (QED) is 0.393. The molecule has 5 nitrogen and oxygen atoms in total. The van der Waals surface area contributed by atoms with Crippen molar-refractivity contribution < 1.29 is 0 Å². The Hall–Kier alpha value is -0.0800. The van der Waals surface area contributed by atoms with Gasteiger partial charge in [0.05, 0.1) is 6.54 Å². The second-order valence-electron chi connectivity index (χ2n) is 7.36. The van der Waals surface area contributed by atoms with Gasteiger partial charge in [0, 0.05) is 38.3 Å². The average molecular weight is 437 g/mol. The first kappa shape index (κ1) is 21.0. The molecule has 136 valence electrons. The third-order valence-corrected chi connectivity index (χ3v) is 5.18. The summed E-state index contributed by atoms with van der Waals surface area (Å²) in [5, 5.41) is 3.42. The molecular formula is C17H36IN5. The van der Waals surface area contributed by atoms with Crippen LogP contribution in [0.1, 0.15) is 46.0 Å². The van der Waals surface area contributed by atoms with Gasteiger partial charge in [0.1, 0.15) is 0 Å². The molecule has 6 heteroatoms. The number of halogens is 1. The molecule has 0 aromatic rings. The van der Waals surface area contributed by atoms with Gasteiger partial charge in [0.25, 0.3) is 0 Å². The van der Waals surface area contributed by atoms with Crippen LogP contribution in [0.5, 0.6) is 0 Å². The molecule has 1 saturated carbocycles. The highest BCUT2D eigenvalue weighted by atomic mass is 127. The van der Waals surface area contributed by atoms with Crippen molar-refractivity contribution in [2.75, 3.05) is 39.8 Å². The maximum absolute atomic E-state index is 6.12. The molecule has 0 radical (unpaired) electrons. The topological polar surface area (TPSA) is 56.9 Å². The van der Waals surface area contributed by atoms with Crippen molar-refractivity contribution in [1.29, 1.82) is 0 Å². The number of rotatable bonds is 5. The molecule has 2 aliphatic rings. The van der Waals surface area contributed by atoms with Gasteiger partial charge < -0.3 is 16.0 Å². The summed E-state index contributed by atoms with van der Waals surface area (Å²) in [6, 6.07) is 1.04. The Morgan fingerprint density at radius 1 is 1.13 bits per heavy atom. The van der Waals surface area contributed by atoms with E-state index in [0.29, 0.717) is 24.0 Å². The van der Waals surface area contributed by atoms with E-state index in [1.165, 1.54) is 32.1 Å². The molecule has 1 atom stereocenters. The summed E-state index contributed by atoms with van der Waals surface area (Å²) in [6.45, 7) is 10.0. The maximum atomic E-state index is 6.12. The molecule has 1 heterocycles. The molecule has 23 heavy (non-hydrogen) atoms. The van der Waals surface area contributed by atoms with Crippen LogP contribution in [0.25, 0.3) is 0 Å². The lowest BCUT2D eigenvalue weighted by Crippen LogP contribution is -2.52. The minimum Gasteiger partial charge on any atom is -0.370 e. The van der Waals surface area contributed by atoms with Crippen LogP contribution in [-0.4, -0.2) is 67.6 Å². The Morgan fingerprint density at radius 2 is 1.74 bits per heavy atom. The van der Waals surface area contributed by atoms with Crippen molar-refractivity contribution in [1.82, 2.24) is 15.1 Å². The molecule has 3 N–H and O–H groups in total. The molecule has 0 amide bonds. The second kappa shape index (κ2) is 10.7. The third kappa shape index (κ3) is 7.13. The fourth-order valence-electron chi connectivity index (χ4n) is 3.60. The molecule has 1 aliphatic carbocycles. The van der Waals surface area contributed by atoms with E-state index in [-0.39, 0.29) is 24.0 Å². The van der Waals surface area contributed by atoms with E-state index in [9.17, 15) is 0 Å². The molecule has 0 spiro atoms. The van der Waals surface area contributed by atoms with Gasteiger partial charge >= 0.3 is 0 Å². The largest absolute Gasteiger partial charge is 0.370 e. The van der Waals surface area contributed by atoms with Crippen LogP contribution in [0.4, 0.5) is 0 Å². The van der Waals surface area contributed by atoms with E-state index in [0.717, 1.165) is 32.7 Å². The molecule has 2 fully saturated rings. The normalized spacial score (nSPS) is 23.6. The number of hydrogen-bond acceptors (Lipinski definition) is 3. The highest BCUT2D eigenvalue weighted by Crippen LogP contribution is 2.17. The highest BCUT2D eigenvalue weighted by molar-refractivity contribution is 14.0. The van der Waals surface area contributed by atoms with Crippen LogP contribution >= 0.6 is 24.0 Å². The van der Waals surface area contributed by atoms with E-state index in [2.05, 4.69) is 41.0 Å². The number of hydrogen-bond donors (Lipinski definition) is 2. The number of aliphatic imine (C=N–C) groups is 1. The van der Waals surface area contributed by atoms with Crippen molar-refractivity contribution in [3.63, 3.8) is 0 Å². The van der Waals surface area contributed by atoms with Crippen molar-refractivity contribution in [3.05, 3.63) is 0 Å². The lowest BCUT2D eigenvalue weighted by atomic mass is 9.96. The molecule has 1 saturated heterocycles. The van der Waals surface area contributed by atoms with Crippen LogP contribution in [0.3, 0.4) is 0 Å². The SMILES string of the molecule is CC(C)C(CN=C(N)NC1CCCCC1)N1CCN(C)CC1.I. The molecular weight excluding hydrogens is 401 g/mol. The lowest BCUT2D eigenvalue weighted by Gasteiger charge is -2.39. The Kier molecular flexibility index (Phi) is 9.77. The summed E-state index contributed by atoms with van der Waals surface area (Å²) < 4.78 is 0. The molecule has 1 unspecified atom stereocenters.